The van der Waals surface area contributed by atoms with Crippen molar-refractivity contribution < 1.29 is 4.74 Å². The fourth-order valence-electron chi connectivity index (χ4n) is 5.47. The zero-order chi connectivity index (χ0) is 26.0. The lowest BCUT2D eigenvalue weighted by Crippen LogP contribution is -2.36. The molecule has 196 valence electrons. The first-order valence-corrected chi connectivity index (χ1v) is 13.6. The molecular formula is C31H31N7O. The number of rotatable bonds is 6. The molecule has 2 saturated heterocycles. The zero-order valence-corrected chi connectivity index (χ0v) is 21.7. The minimum atomic E-state index is 0.336. The van der Waals surface area contributed by atoms with Crippen LogP contribution < -0.4 is 15.5 Å². The lowest BCUT2D eigenvalue weighted by Gasteiger charge is -2.28. The highest BCUT2D eigenvalue weighted by Crippen LogP contribution is 2.31. The van der Waals surface area contributed by atoms with Crippen molar-refractivity contribution in [3.63, 3.8) is 0 Å². The van der Waals surface area contributed by atoms with Crippen molar-refractivity contribution in [2.75, 3.05) is 43.1 Å². The Morgan fingerprint density at radius 2 is 1.64 bits per heavy atom. The number of fused-ring (bicyclic) bond motifs is 1. The van der Waals surface area contributed by atoms with Gasteiger partial charge in [-0.25, -0.2) is 15.0 Å². The van der Waals surface area contributed by atoms with Gasteiger partial charge < -0.3 is 25.3 Å². The first-order chi connectivity index (χ1) is 19.3. The molecule has 39 heavy (non-hydrogen) atoms. The smallest absolute Gasteiger partial charge is 0.141 e. The summed E-state index contributed by atoms with van der Waals surface area (Å²) in [6.45, 7) is 4.47. The van der Waals surface area contributed by atoms with Gasteiger partial charge in [-0.15, -0.1) is 0 Å². The number of aromatic nitrogens is 4. The summed E-state index contributed by atoms with van der Waals surface area (Å²) in [6, 6.07) is 23.8. The molecule has 2 aromatic heterocycles. The van der Waals surface area contributed by atoms with Crippen molar-refractivity contribution in [1.82, 2.24) is 25.3 Å². The maximum atomic E-state index is 5.48. The second-order valence-electron chi connectivity index (χ2n) is 10.1. The molecule has 3 N–H and O–H groups in total. The lowest BCUT2D eigenvalue weighted by atomic mass is 10.0. The highest BCUT2D eigenvalue weighted by atomic mass is 16.5. The van der Waals surface area contributed by atoms with Crippen molar-refractivity contribution in [1.29, 1.82) is 0 Å². The van der Waals surface area contributed by atoms with E-state index in [9.17, 15) is 0 Å². The molecule has 1 atom stereocenters. The molecule has 0 unspecified atom stereocenters. The van der Waals surface area contributed by atoms with Crippen molar-refractivity contribution in [2.24, 2.45) is 0 Å². The van der Waals surface area contributed by atoms with E-state index in [-0.39, 0.29) is 0 Å². The van der Waals surface area contributed by atoms with E-state index in [4.69, 9.17) is 4.74 Å². The summed E-state index contributed by atoms with van der Waals surface area (Å²) >= 11 is 0. The number of benzene rings is 3. The Labute approximate surface area is 227 Å². The topological polar surface area (TPSA) is 91.0 Å². The summed E-state index contributed by atoms with van der Waals surface area (Å²) in [6.07, 6.45) is 5.88. The minimum absolute atomic E-state index is 0.336. The van der Waals surface area contributed by atoms with Crippen LogP contribution in [0.1, 0.15) is 24.7 Å². The van der Waals surface area contributed by atoms with Crippen LogP contribution in [0.3, 0.4) is 0 Å². The van der Waals surface area contributed by atoms with E-state index >= 15 is 0 Å². The quantitative estimate of drug-likeness (QED) is 0.266. The normalized spacial score (nSPS) is 17.5. The summed E-state index contributed by atoms with van der Waals surface area (Å²) in [5.41, 5.74) is 7.55. The molecule has 0 saturated carbocycles. The molecule has 0 radical (unpaired) electrons. The molecule has 5 aromatic rings. The summed E-state index contributed by atoms with van der Waals surface area (Å²) in [7, 11) is 0. The lowest BCUT2D eigenvalue weighted by molar-refractivity contribution is 0.122. The van der Waals surface area contributed by atoms with Gasteiger partial charge in [-0.1, -0.05) is 30.3 Å². The van der Waals surface area contributed by atoms with E-state index in [0.717, 1.165) is 89.9 Å². The Hall–Kier alpha value is -4.27. The molecule has 3 aromatic carbocycles. The predicted molar refractivity (Wildman–Crippen MR) is 155 cm³/mol. The first-order valence-electron chi connectivity index (χ1n) is 13.6. The molecular weight excluding hydrogens is 486 g/mol. The van der Waals surface area contributed by atoms with Gasteiger partial charge in [-0.05, 0) is 72.5 Å². The van der Waals surface area contributed by atoms with Gasteiger partial charge in [0.05, 0.1) is 36.7 Å². The molecule has 2 aliphatic heterocycles. The largest absolute Gasteiger partial charge is 0.378 e. The molecule has 2 fully saturated rings. The van der Waals surface area contributed by atoms with Crippen molar-refractivity contribution in [2.45, 2.75) is 18.9 Å². The summed E-state index contributed by atoms with van der Waals surface area (Å²) in [5, 5.41) is 7.99. The number of morpholine rings is 1. The van der Waals surface area contributed by atoms with Gasteiger partial charge in [0, 0.05) is 29.9 Å². The Morgan fingerprint density at radius 3 is 2.44 bits per heavy atom. The molecule has 8 nitrogen and oxygen atoms in total. The number of hydrogen-bond acceptors (Lipinski definition) is 7. The van der Waals surface area contributed by atoms with Gasteiger partial charge in [0.25, 0.3) is 0 Å². The number of imidazole rings is 1. The van der Waals surface area contributed by atoms with Gasteiger partial charge in [0.2, 0.25) is 0 Å². The van der Waals surface area contributed by atoms with E-state index in [2.05, 4.69) is 102 Å². The van der Waals surface area contributed by atoms with Gasteiger partial charge >= 0.3 is 0 Å². The number of nitrogens with zero attached hydrogens (tertiary/aromatic N) is 4. The molecule has 4 heterocycles. The van der Waals surface area contributed by atoms with E-state index in [0.29, 0.717) is 6.04 Å². The number of H-pyrrole nitrogens is 1. The fourth-order valence-corrected chi connectivity index (χ4v) is 5.47. The SMILES string of the molecule is c1nc(Nc2ccc(N3CCOCC3)cc2)c2cc(-c3ccc(-c4cnc([C@@H]5CCCN5)[nH]4)cc3)ccc2n1. The molecule has 7 rings (SSSR count). The van der Waals surface area contributed by atoms with Gasteiger partial charge in [-0.2, -0.15) is 0 Å². The van der Waals surface area contributed by atoms with Gasteiger partial charge in [0.1, 0.15) is 18.0 Å². The van der Waals surface area contributed by atoms with Gasteiger partial charge in [-0.3, -0.25) is 0 Å². The van der Waals surface area contributed by atoms with Crippen LogP contribution in [0.25, 0.3) is 33.3 Å². The van der Waals surface area contributed by atoms with E-state index in [1.54, 1.807) is 6.33 Å². The Balaban J connectivity index is 1.11. The Morgan fingerprint density at radius 1 is 0.846 bits per heavy atom. The van der Waals surface area contributed by atoms with Crippen molar-refractivity contribution >= 4 is 28.1 Å². The number of anilines is 3. The van der Waals surface area contributed by atoms with E-state index < -0.39 is 0 Å². The fraction of sp³-hybridized carbons (Fsp3) is 0.258. The highest BCUT2D eigenvalue weighted by Gasteiger charge is 2.19. The van der Waals surface area contributed by atoms with Crippen molar-refractivity contribution in [3.8, 4) is 22.4 Å². The second-order valence-corrected chi connectivity index (χ2v) is 10.1. The highest BCUT2D eigenvalue weighted by molar-refractivity contribution is 5.94. The third-order valence-corrected chi connectivity index (χ3v) is 7.66. The monoisotopic (exact) mass is 517 g/mol. The number of hydrogen-bond donors (Lipinski definition) is 3. The predicted octanol–water partition coefficient (Wildman–Crippen LogP) is 5.69. The zero-order valence-electron chi connectivity index (χ0n) is 21.7. The van der Waals surface area contributed by atoms with Crippen LogP contribution in [-0.4, -0.2) is 52.8 Å². The molecule has 0 bridgehead atoms. The average molecular weight is 518 g/mol. The van der Waals surface area contributed by atoms with E-state index in [1.165, 1.54) is 12.1 Å². The first kappa shape index (κ1) is 23.8. The second kappa shape index (κ2) is 10.5. The third-order valence-electron chi connectivity index (χ3n) is 7.66. The van der Waals surface area contributed by atoms with Crippen LogP contribution in [0, 0.1) is 0 Å². The number of aromatic amines is 1. The Bertz CT molecular complexity index is 1570. The molecule has 0 amide bonds. The summed E-state index contributed by atoms with van der Waals surface area (Å²) in [5.74, 6) is 1.82. The van der Waals surface area contributed by atoms with Crippen molar-refractivity contribution in [3.05, 3.63) is 85.1 Å². The molecule has 2 aliphatic rings. The molecule has 8 heteroatoms. The van der Waals surface area contributed by atoms with Crippen LogP contribution in [0.2, 0.25) is 0 Å². The maximum Gasteiger partial charge on any atom is 0.141 e. The standard InChI is InChI=1S/C31H31N7O/c1-2-28(32-13-1)31-33-19-29(37-31)22-5-3-21(4-6-22)23-7-12-27-26(18-23)30(35-20-34-27)36-24-8-10-25(11-9-24)38-14-16-39-17-15-38/h3-12,18-20,28,32H,1-2,13-17H2,(H,33,37)(H,34,35,36)/t28-/m0/s1. The van der Waals surface area contributed by atoms with Gasteiger partial charge in [0.15, 0.2) is 0 Å². The minimum Gasteiger partial charge on any atom is -0.378 e. The van der Waals surface area contributed by atoms with Crippen LogP contribution in [-0.2, 0) is 4.74 Å². The van der Waals surface area contributed by atoms with Crippen LogP contribution in [0.15, 0.2) is 79.3 Å². The van der Waals surface area contributed by atoms with Crippen LogP contribution >= 0.6 is 0 Å². The van der Waals surface area contributed by atoms with Crippen LogP contribution in [0.5, 0.6) is 0 Å². The third kappa shape index (κ3) is 4.96. The Kier molecular flexibility index (Phi) is 6.40. The molecule has 0 aliphatic carbocycles. The number of nitrogens with one attached hydrogen (secondary N) is 3. The molecule has 0 spiro atoms. The van der Waals surface area contributed by atoms with E-state index in [1.807, 2.05) is 6.20 Å². The maximum absolute atomic E-state index is 5.48. The average Bonchev–Trinajstić information content (AvgIpc) is 3.71. The number of ether oxygens (including phenoxy) is 1. The summed E-state index contributed by atoms with van der Waals surface area (Å²) in [4.78, 5) is 19.5. The summed E-state index contributed by atoms with van der Waals surface area (Å²) < 4.78 is 5.48. The van der Waals surface area contributed by atoms with Crippen LogP contribution in [0.4, 0.5) is 17.2 Å².